The van der Waals surface area contributed by atoms with Crippen molar-refractivity contribution < 1.29 is 13.2 Å². The summed E-state index contributed by atoms with van der Waals surface area (Å²) in [7, 11) is -3.85. The molecule has 0 aliphatic heterocycles. The van der Waals surface area contributed by atoms with Gasteiger partial charge in [0.2, 0.25) is 10.0 Å². The van der Waals surface area contributed by atoms with Crippen molar-refractivity contribution in [2.24, 2.45) is 0 Å². The maximum absolute atomic E-state index is 12.5. The molecule has 0 aliphatic rings. The highest BCUT2D eigenvalue weighted by molar-refractivity contribution is 7.89. The van der Waals surface area contributed by atoms with Crippen LogP contribution in [0.1, 0.15) is 37.0 Å². The predicted octanol–water partition coefficient (Wildman–Crippen LogP) is 3.38. The molecular weight excluding hydrogens is 359 g/mol. The van der Waals surface area contributed by atoms with Gasteiger partial charge in [0.1, 0.15) is 4.90 Å². The highest BCUT2D eigenvalue weighted by Gasteiger charge is 2.23. The Morgan fingerprint density at radius 3 is 2.57 bits per heavy atom. The summed E-state index contributed by atoms with van der Waals surface area (Å²) in [5.74, 6) is -0.496. The second-order valence-electron chi connectivity index (χ2n) is 5.07. The third-order valence-electron chi connectivity index (χ3n) is 3.04. The molecule has 1 atom stereocenters. The van der Waals surface area contributed by atoms with Gasteiger partial charge in [0.25, 0.3) is 5.91 Å². The summed E-state index contributed by atoms with van der Waals surface area (Å²) in [6, 6.07) is 2.20. The summed E-state index contributed by atoms with van der Waals surface area (Å²) < 4.78 is 27.4. The number of nitrogens with one attached hydrogen (secondary N) is 2. The largest absolute Gasteiger partial charge is 0.349 e. The van der Waals surface area contributed by atoms with E-state index in [1.54, 1.807) is 6.92 Å². The van der Waals surface area contributed by atoms with Crippen LogP contribution in [0.25, 0.3) is 0 Å². The van der Waals surface area contributed by atoms with E-state index in [9.17, 15) is 13.2 Å². The lowest BCUT2D eigenvalue weighted by molar-refractivity contribution is 0.0958. The van der Waals surface area contributed by atoms with Crippen molar-refractivity contribution in [3.8, 4) is 0 Å². The fourth-order valence-electron chi connectivity index (χ4n) is 1.99. The zero-order valence-electron chi connectivity index (χ0n) is 13.0. The Bertz CT molecular complexity index is 690. The predicted molar refractivity (Wildman–Crippen MR) is 93.7 cm³/mol. The van der Waals surface area contributed by atoms with Crippen molar-refractivity contribution in [2.75, 3.05) is 6.54 Å². The van der Waals surface area contributed by atoms with Gasteiger partial charge in [0.05, 0.1) is 15.6 Å². The normalized spacial score (nSPS) is 12.7. The lowest BCUT2D eigenvalue weighted by atomic mass is 10.2. The molecule has 1 aromatic carbocycles. The zero-order chi connectivity index (χ0) is 17.6. The van der Waals surface area contributed by atoms with Crippen molar-refractivity contribution in [2.45, 2.75) is 37.6 Å². The van der Waals surface area contributed by atoms with E-state index in [0.717, 1.165) is 6.42 Å². The summed E-state index contributed by atoms with van der Waals surface area (Å²) in [4.78, 5) is 11.9. The molecule has 1 aromatic rings. The first-order chi connectivity index (χ1) is 10.7. The minimum absolute atomic E-state index is 0.0357. The topological polar surface area (TPSA) is 75.3 Å². The van der Waals surface area contributed by atoms with Crippen molar-refractivity contribution >= 4 is 39.1 Å². The van der Waals surface area contributed by atoms with Crippen LogP contribution in [-0.4, -0.2) is 26.9 Å². The number of halogens is 2. The number of hydrogen-bond acceptors (Lipinski definition) is 3. The number of amides is 1. The van der Waals surface area contributed by atoms with E-state index in [2.05, 4.69) is 16.6 Å². The van der Waals surface area contributed by atoms with Gasteiger partial charge in [-0.2, -0.15) is 0 Å². The number of carbonyl (C=O) groups excluding carboxylic acids is 1. The molecule has 0 aliphatic carbocycles. The second-order valence-corrected chi connectivity index (χ2v) is 7.57. The Hall–Kier alpha value is -1.08. The summed E-state index contributed by atoms with van der Waals surface area (Å²) in [6.07, 6.45) is 3.04. The van der Waals surface area contributed by atoms with Crippen molar-refractivity contribution in [1.82, 2.24) is 10.0 Å². The summed E-state index contributed by atoms with van der Waals surface area (Å²) in [5.41, 5.74) is 0.0430. The molecule has 0 unspecified atom stereocenters. The Kier molecular flexibility index (Phi) is 7.54. The van der Waals surface area contributed by atoms with Crippen LogP contribution in [-0.2, 0) is 10.0 Å². The van der Waals surface area contributed by atoms with Gasteiger partial charge in [-0.1, -0.05) is 42.6 Å². The van der Waals surface area contributed by atoms with E-state index in [4.69, 9.17) is 23.2 Å². The second kappa shape index (κ2) is 8.68. The number of sulfonamides is 1. The molecule has 23 heavy (non-hydrogen) atoms. The molecule has 128 valence electrons. The quantitative estimate of drug-likeness (QED) is 0.680. The SMILES string of the molecule is C=CCNC(=O)c1cc(S(=O)(=O)N[C@H](C)CCC)c(Cl)cc1Cl. The van der Waals surface area contributed by atoms with E-state index in [1.807, 2.05) is 6.92 Å². The molecule has 1 rings (SSSR count). The molecule has 2 N–H and O–H groups in total. The van der Waals surface area contributed by atoms with E-state index >= 15 is 0 Å². The molecule has 0 aromatic heterocycles. The lowest BCUT2D eigenvalue weighted by Gasteiger charge is -2.15. The Balaban J connectivity index is 3.21. The third-order valence-corrected chi connectivity index (χ3v) is 5.41. The van der Waals surface area contributed by atoms with Crippen LogP contribution in [0, 0.1) is 0 Å². The van der Waals surface area contributed by atoms with Gasteiger partial charge >= 0.3 is 0 Å². The first kappa shape index (κ1) is 20.0. The molecule has 0 spiro atoms. The van der Waals surface area contributed by atoms with Gasteiger partial charge in [0, 0.05) is 12.6 Å². The Morgan fingerprint density at radius 1 is 1.35 bits per heavy atom. The lowest BCUT2D eigenvalue weighted by Crippen LogP contribution is -2.33. The average Bonchev–Trinajstić information content (AvgIpc) is 2.44. The summed E-state index contributed by atoms with van der Waals surface area (Å²) in [5, 5.41) is 2.59. The molecule has 0 fully saturated rings. The van der Waals surface area contributed by atoms with Crippen molar-refractivity contribution in [3.63, 3.8) is 0 Å². The minimum Gasteiger partial charge on any atom is -0.349 e. The Labute approximate surface area is 147 Å². The fraction of sp³-hybridized carbons (Fsp3) is 0.400. The molecule has 0 saturated heterocycles. The molecule has 1 amide bonds. The molecule has 5 nitrogen and oxygen atoms in total. The van der Waals surface area contributed by atoms with Crippen LogP contribution < -0.4 is 10.0 Å². The van der Waals surface area contributed by atoms with Gasteiger partial charge < -0.3 is 5.32 Å². The smallest absolute Gasteiger partial charge is 0.253 e. The molecular formula is C15H20Cl2N2O3S. The maximum atomic E-state index is 12.5. The highest BCUT2D eigenvalue weighted by atomic mass is 35.5. The molecule has 8 heteroatoms. The molecule has 0 heterocycles. The summed E-state index contributed by atoms with van der Waals surface area (Å²) in [6.45, 7) is 7.46. The Morgan fingerprint density at radius 2 is 2.00 bits per heavy atom. The molecule has 0 radical (unpaired) electrons. The summed E-state index contributed by atoms with van der Waals surface area (Å²) >= 11 is 12.0. The highest BCUT2D eigenvalue weighted by Crippen LogP contribution is 2.29. The first-order valence-electron chi connectivity index (χ1n) is 7.13. The maximum Gasteiger partial charge on any atom is 0.253 e. The van der Waals surface area contributed by atoms with Gasteiger partial charge in [-0.15, -0.1) is 6.58 Å². The van der Waals surface area contributed by atoms with E-state index < -0.39 is 15.9 Å². The van der Waals surface area contributed by atoms with E-state index in [1.165, 1.54) is 18.2 Å². The van der Waals surface area contributed by atoms with Gasteiger partial charge in [-0.05, 0) is 25.5 Å². The number of rotatable bonds is 8. The van der Waals surface area contributed by atoms with Crippen LogP contribution in [0.3, 0.4) is 0 Å². The standard InChI is InChI=1S/C15H20Cl2N2O3S/c1-4-6-10(3)19-23(21,22)14-8-11(12(16)9-13(14)17)15(20)18-7-5-2/h5,8-10,19H,2,4,6-7H2,1,3H3,(H,18,20)/t10-/m1/s1. The monoisotopic (exact) mass is 378 g/mol. The fourth-order valence-corrected chi connectivity index (χ4v) is 4.13. The average molecular weight is 379 g/mol. The minimum atomic E-state index is -3.85. The van der Waals surface area contributed by atoms with Gasteiger partial charge in [0.15, 0.2) is 0 Å². The van der Waals surface area contributed by atoms with Crippen LogP contribution in [0.4, 0.5) is 0 Å². The number of benzene rings is 1. The van der Waals surface area contributed by atoms with Crippen LogP contribution in [0.15, 0.2) is 29.7 Å². The van der Waals surface area contributed by atoms with Crippen molar-refractivity contribution in [1.29, 1.82) is 0 Å². The first-order valence-corrected chi connectivity index (χ1v) is 9.37. The van der Waals surface area contributed by atoms with Crippen LogP contribution in [0.2, 0.25) is 10.0 Å². The van der Waals surface area contributed by atoms with Gasteiger partial charge in [-0.25, -0.2) is 13.1 Å². The number of hydrogen-bond donors (Lipinski definition) is 2. The van der Waals surface area contributed by atoms with Gasteiger partial charge in [-0.3, -0.25) is 4.79 Å². The van der Waals surface area contributed by atoms with Crippen LogP contribution >= 0.6 is 23.2 Å². The third kappa shape index (κ3) is 5.49. The van der Waals surface area contributed by atoms with E-state index in [-0.39, 0.29) is 33.1 Å². The number of carbonyl (C=O) groups is 1. The molecule has 0 bridgehead atoms. The molecule has 0 saturated carbocycles. The van der Waals surface area contributed by atoms with E-state index in [0.29, 0.717) is 6.42 Å². The zero-order valence-corrected chi connectivity index (χ0v) is 15.4. The van der Waals surface area contributed by atoms with Crippen LogP contribution in [0.5, 0.6) is 0 Å². The van der Waals surface area contributed by atoms with Crippen molar-refractivity contribution in [3.05, 3.63) is 40.4 Å².